The Morgan fingerprint density at radius 1 is 1.42 bits per heavy atom. The summed E-state index contributed by atoms with van der Waals surface area (Å²) >= 11 is 0. The first-order chi connectivity index (χ1) is 9.10. The van der Waals surface area contributed by atoms with Gasteiger partial charge in [0.05, 0.1) is 6.54 Å². The summed E-state index contributed by atoms with van der Waals surface area (Å²) in [6, 6.07) is 5.93. The predicted octanol–water partition coefficient (Wildman–Crippen LogP) is 0.749. The molecule has 0 unspecified atom stereocenters. The Balaban J connectivity index is 2.06. The molecule has 1 aliphatic rings. The number of aryl methyl sites for hydroxylation is 1. The van der Waals surface area contributed by atoms with Crippen LogP contribution in [-0.4, -0.2) is 37.4 Å². The molecule has 5 nitrogen and oxygen atoms in total. The maximum absolute atomic E-state index is 11.7. The maximum atomic E-state index is 11.7. The predicted molar refractivity (Wildman–Crippen MR) is 73.8 cm³/mol. The van der Waals surface area contributed by atoms with E-state index in [1.165, 1.54) is 0 Å². The molecule has 1 aromatic rings. The van der Waals surface area contributed by atoms with Gasteiger partial charge in [0, 0.05) is 25.7 Å². The van der Waals surface area contributed by atoms with Crippen LogP contribution in [-0.2, 0) is 22.6 Å². The van der Waals surface area contributed by atoms with Crippen molar-refractivity contribution >= 4 is 17.5 Å². The van der Waals surface area contributed by atoms with Crippen molar-refractivity contribution < 1.29 is 9.59 Å². The molecule has 0 aliphatic carbocycles. The van der Waals surface area contributed by atoms with Gasteiger partial charge < -0.3 is 15.5 Å². The van der Waals surface area contributed by atoms with Crippen LogP contribution in [0.5, 0.6) is 0 Å². The second kappa shape index (κ2) is 5.84. The summed E-state index contributed by atoms with van der Waals surface area (Å²) in [5.74, 6) is 0.134. The number of fused-ring (bicyclic) bond motifs is 1. The van der Waals surface area contributed by atoms with Gasteiger partial charge in [-0.05, 0) is 30.7 Å². The van der Waals surface area contributed by atoms with Crippen molar-refractivity contribution in [2.45, 2.75) is 19.4 Å². The van der Waals surface area contributed by atoms with Crippen LogP contribution in [0.25, 0.3) is 0 Å². The summed E-state index contributed by atoms with van der Waals surface area (Å²) in [5, 5.41) is 5.70. The summed E-state index contributed by atoms with van der Waals surface area (Å²) in [6.07, 6.45) is 1.30. The molecule has 0 fully saturated rings. The number of carbonyl (C=O) groups excluding carboxylic acids is 2. The highest BCUT2D eigenvalue weighted by Gasteiger charge is 2.15. The molecule has 1 aliphatic heterocycles. The summed E-state index contributed by atoms with van der Waals surface area (Å²) in [7, 11) is 3.55. The third-order valence-corrected chi connectivity index (χ3v) is 3.24. The molecule has 0 radical (unpaired) electrons. The standard InChI is InChI=1S/C14H19N3O2/c1-15-8-14(19)17(2)9-10-3-5-12-11(7-10)4-6-13(18)16-12/h3,5,7,15H,4,6,8-9H2,1-2H3,(H,16,18). The van der Waals surface area contributed by atoms with Crippen molar-refractivity contribution in [3.63, 3.8) is 0 Å². The van der Waals surface area contributed by atoms with Crippen molar-refractivity contribution in [3.8, 4) is 0 Å². The van der Waals surface area contributed by atoms with Crippen LogP contribution in [0, 0.1) is 0 Å². The highest BCUT2D eigenvalue weighted by Crippen LogP contribution is 2.23. The van der Waals surface area contributed by atoms with Crippen molar-refractivity contribution in [1.82, 2.24) is 10.2 Å². The number of carbonyl (C=O) groups is 2. The van der Waals surface area contributed by atoms with Crippen molar-refractivity contribution in [3.05, 3.63) is 29.3 Å². The Bertz CT molecular complexity index is 499. The van der Waals surface area contributed by atoms with Crippen LogP contribution in [0.4, 0.5) is 5.69 Å². The average molecular weight is 261 g/mol. The lowest BCUT2D eigenvalue weighted by molar-refractivity contribution is -0.129. The number of nitrogens with one attached hydrogen (secondary N) is 2. The summed E-state index contributed by atoms with van der Waals surface area (Å²) in [4.78, 5) is 24.7. The third kappa shape index (κ3) is 3.32. The first-order valence-corrected chi connectivity index (χ1v) is 6.40. The Labute approximate surface area is 113 Å². The Morgan fingerprint density at radius 3 is 2.95 bits per heavy atom. The Kier molecular flexibility index (Phi) is 4.16. The van der Waals surface area contributed by atoms with Gasteiger partial charge in [0.15, 0.2) is 0 Å². The van der Waals surface area contributed by atoms with E-state index in [9.17, 15) is 9.59 Å². The fourth-order valence-corrected chi connectivity index (χ4v) is 2.18. The number of likely N-dealkylation sites (N-methyl/N-ethyl adjacent to an activating group) is 2. The zero-order valence-electron chi connectivity index (χ0n) is 11.3. The quantitative estimate of drug-likeness (QED) is 0.840. The van der Waals surface area contributed by atoms with E-state index >= 15 is 0 Å². The summed E-state index contributed by atoms with van der Waals surface area (Å²) < 4.78 is 0. The minimum atomic E-state index is 0.0634. The van der Waals surface area contributed by atoms with Crippen molar-refractivity contribution in [2.75, 3.05) is 26.0 Å². The smallest absolute Gasteiger partial charge is 0.236 e. The summed E-state index contributed by atoms with van der Waals surface area (Å²) in [5.41, 5.74) is 3.12. The largest absolute Gasteiger partial charge is 0.340 e. The fourth-order valence-electron chi connectivity index (χ4n) is 2.18. The molecule has 2 N–H and O–H groups in total. The van der Waals surface area contributed by atoms with Gasteiger partial charge in [-0.2, -0.15) is 0 Å². The van der Waals surface area contributed by atoms with Crippen molar-refractivity contribution in [2.24, 2.45) is 0 Å². The van der Waals surface area contributed by atoms with Gasteiger partial charge in [-0.3, -0.25) is 9.59 Å². The van der Waals surface area contributed by atoms with E-state index in [1.54, 1.807) is 19.0 Å². The lowest BCUT2D eigenvalue weighted by Gasteiger charge is -2.20. The van der Waals surface area contributed by atoms with E-state index in [1.807, 2.05) is 12.1 Å². The lowest BCUT2D eigenvalue weighted by Crippen LogP contribution is -2.33. The zero-order valence-corrected chi connectivity index (χ0v) is 11.3. The molecule has 2 rings (SSSR count). The van der Waals surface area contributed by atoms with Crippen LogP contribution in [0.15, 0.2) is 18.2 Å². The van der Waals surface area contributed by atoms with Gasteiger partial charge in [-0.1, -0.05) is 12.1 Å². The third-order valence-electron chi connectivity index (χ3n) is 3.24. The minimum Gasteiger partial charge on any atom is -0.340 e. The highest BCUT2D eigenvalue weighted by atomic mass is 16.2. The number of benzene rings is 1. The molecule has 0 aromatic heterocycles. The van der Waals surface area contributed by atoms with Crippen molar-refractivity contribution in [1.29, 1.82) is 0 Å². The summed E-state index contributed by atoms with van der Waals surface area (Å²) in [6.45, 7) is 0.930. The van der Waals surface area contributed by atoms with Gasteiger partial charge in [0.1, 0.15) is 0 Å². The van der Waals surface area contributed by atoms with E-state index in [0.717, 1.165) is 23.2 Å². The average Bonchev–Trinajstić information content (AvgIpc) is 2.39. The molecular formula is C14H19N3O2. The molecule has 2 amide bonds. The number of amides is 2. The molecule has 0 saturated heterocycles. The molecule has 0 bridgehead atoms. The topological polar surface area (TPSA) is 61.4 Å². The number of nitrogens with zero attached hydrogens (tertiary/aromatic N) is 1. The highest BCUT2D eigenvalue weighted by molar-refractivity contribution is 5.93. The number of anilines is 1. The molecule has 0 spiro atoms. The van der Waals surface area contributed by atoms with Gasteiger partial charge in [-0.15, -0.1) is 0 Å². The first-order valence-electron chi connectivity index (χ1n) is 6.40. The molecule has 0 saturated carbocycles. The van der Waals surface area contributed by atoms with E-state index in [4.69, 9.17) is 0 Å². The number of hydrogen-bond donors (Lipinski definition) is 2. The van der Waals surface area contributed by atoms with Crippen LogP contribution < -0.4 is 10.6 Å². The van der Waals surface area contributed by atoms with Gasteiger partial charge in [0.2, 0.25) is 11.8 Å². The van der Waals surface area contributed by atoms with Crippen LogP contribution in [0.3, 0.4) is 0 Å². The Morgan fingerprint density at radius 2 is 2.21 bits per heavy atom. The normalized spacial score (nSPS) is 13.7. The van der Waals surface area contributed by atoms with E-state index in [2.05, 4.69) is 16.7 Å². The van der Waals surface area contributed by atoms with E-state index in [-0.39, 0.29) is 11.8 Å². The first kappa shape index (κ1) is 13.5. The molecule has 1 aromatic carbocycles. The second-order valence-electron chi connectivity index (χ2n) is 4.82. The second-order valence-corrected chi connectivity index (χ2v) is 4.82. The zero-order chi connectivity index (χ0) is 13.8. The van der Waals surface area contributed by atoms with Gasteiger partial charge in [0.25, 0.3) is 0 Å². The SMILES string of the molecule is CNCC(=O)N(C)Cc1ccc2c(c1)CCC(=O)N2. The lowest BCUT2D eigenvalue weighted by atomic mass is 10.0. The molecule has 1 heterocycles. The van der Waals surface area contributed by atoms with Gasteiger partial charge in [-0.25, -0.2) is 0 Å². The molecule has 102 valence electrons. The Hall–Kier alpha value is -1.88. The van der Waals surface area contributed by atoms with Gasteiger partial charge >= 0.3 is 0 Å². The number of rotatable bonds is 4. The van der Waals surface area contributed by atoms with Crippen LogP contribution in [0.2, 0.25) is 0 Å². The van der Waals surface area contributed by atoms with Crippen LogP contribution >= 0.6 is 0 Å². The van der Waals surface area contributed by atoms with Crippen LogP contribution in [0.1, 0.15) is 17.5 Å². The molecule has 0 atom stereocenters. The van der Waals surface area contributed by atoms with E-state index in [0.29, 0.717) is 19.5 Å². The monoisotopic (exact) mass is 261 g/mol. The molecule has 5 heteroatoms. The molecular weight excluding hydrogens is 242 g/mol. The molecule has 19 heavy (non-hydrogen) atoms. The number of hydrogen-bond acceptors (Lipinski definition) is 3. The van der Waals surface area contributed by atoms with E-state index < -0.39 is 0 Å². The fraction of sp³-hybridized carbons (Fsp3) is 0.429. The minimum absolute atomic E-state index is 0.0634. The maximum Gasteiger partial charge on any atom is 0.236 e.